The van der Waals surface area contributed by atoms with E-state index in [9.17, 15) is 4.39 Å². The predicted molar refractivity (Wildman–Crippen MR) is 74.6 cm³/mol. The molecule has 0 heterocycles. The highest BCUT2D eigenvalue weighted by Gasteiger charge is 2.01. The highest BCUT2D eigenvalue weighted by atomic mass is 19.1. The van der Waals surface area contributed by atoms with E-state index in [0.29, 0.717) is 23.2 Å². The quantitative estimate of drug-likeness (QED) is 0.537. The van der Waals surface area contributed by atoms with Crippen molar-refractivity contribution in [3.05, 3.63) is 41.7 Å². The summed E-state index contributed by atoms with van der Waals surface area (Å²) < 4.78 is 17.6. The maximum atomic E-state index is 12.3. The van der Waals surface area contributed by atoms with Crippen molar-refractivity contribution < 1.29 is 9.13 Å². The standard InChI is InChI=1S/C13H17FN4O/c1-17-9-18-13(16)11-2-4-12(5-3-11)19-8-10(6-14)7-15/h2-6,9H,7-8,15H2,1H3,(H2,16,17,18)/b10-6+. The largest absolute Gasteiger partial charge is 0.489 e. The van der Waals surface area contributed by atoms with Crippen LogP contribution in [0.4, 0.5) is 4.39 Å². The predicted octanol–water partition coefficient (Wildman–Crippen LogP) is 1.45. The number of rotatable bonds is 6. The minimum atomic E-state index is 0.113. The molecule has 0 saturated heterocycles. The normalized spacial score (nSPS) is 11.6. The Morgan fingerprint density at radius 2 is 2.16 bits per heavy atom. The van der Waals surface area contributed by atoms with E-state index in [2.05, 4.69) is 10.3 Å². The summed E-state index contributed by atoms with van der Waals surface area (Å²) in [4.78, 5) is 3.87. The zero-order valence-electron chi connectivity index (χ0n) is 10.7. The van der Waals surface area contributed by atoms with Gasteiger partial charge in [-0.25, -0.2) is 9.38 Å². The van der Waals surface area contributed by atoms with Crippen molar-refractivity contribution in [1.29, 1.82) is 5.41 Å². The number of nitrogens with zero attached hydrogens (tertiary/aromatic N) is 1. The van der Waals surface area contributed by atoms with Crippen LogP contribution in [-0.2, 0) is 0 Å². The average molecular weight is 264 g/mol. The fourth-order valence-corrected chi connectivity index (χ4v) is 1.22. The molecule has 0 radical (unpaired) electrons. The van der Waals surface area contributed by atoms with Gasteiger partial charge in [0, 0.05) is 24.7 Å². The first-order valence-corrected chi connectivity index (χ1v) is 5.71. The van der Waals surface area contributed by atoms with E-state index >= 15 is 0 Å². The molecule has 0 amide bonds. The number of hydrogen-bond donors (Lipinski definition) is 3. The van der Waals surface area contributed by atoms with Gasteiger partial charge in [0.15, 0.2) is 5.84 Å². The van der Waals surface area contributed by atoms with Gasteiger partial charge in [-0.2, -0.15) is 0 Å². The van der Waals surface area contributed by atoms with Crippen molar-refractivity contribution in [2.45, 2.75) is 0 Å². The molecular formula is C13H17FN4O. The molecule has 0 unspecified atom stereocenters. The van der Waals surface area contributed by atoms with Crippen molar-refractivity contribution in [3.63, 3.8) is 0 Å². The molecule has 6 heteroatoms. The first kappa shape index (κ1) is 14.8. The van der Waals surface area contributed by atoms with Crippen LogP contribution in [0.25, 0.3) is 0 Å². The fourth-order valence-electron chi connectivity index (χ4n) is 1.22. The summed E-state index contributed by atoms with van der Waals surface area (Å²) in [5.41, 5.74) is 6.37. The summed E-state index contributed by atoms with van der Waals surface area (Å²) in [6.07, 6.45) is 1.89. The molecule has 1 rings (SSSR count). The molecule has 0 aliphatic heterocycles. The molecular weight excluding hydrogens is 247 g/mol. The van der Waals surface area contributed by atoms with Gasteiger partial charge in [0.05, 0.1) is 12.7 Å². The van der Waals surface area contributed by atoms with E-state index in [-0.39, 0.29) is 19.0 Å². The smallest absolute Gasteiger partial charge is 0.153 e. The van der Waals surface area contributed by atoms with Crippen LogP contribution in [-0.4, -0.2) is 32.4 Å². The minimum absolute atomic E-state index is 0.113. The number of aliphatic imine (C=N–C) groups is 1. The zero-order valence-corrected chi connectivity index (χ0v) is 10.7. The van der Waals surface area contributed by atoms with Gasteiger partial charge in [-0.3, -0.25) is 5.41 Å². The van der Waals surface area contributed by atoms with Gasteiger partial charge in [-0.1, -0.05) is 0 Å². The van der Waals surface area contributed by atoms with Crippen LogP contribution in [0.2, 0.25) is 0 Å². The van der Waals surface area contributed by atoms with Crippen LogP contribution >= 0.6 is 0 Å². The molecule has 4 N–H and O–H groups in total. The van der Waals surface area contributed by atoms with E-state index < -0.39 is 0 Å². The van der Waals surface area contributed by atoms with Gasteiger partial charge in [0.1, 0.15) is 12.4 Å². The van der Waals surface area contributed by atoms with Crippen molar-refractivity contribution in [3.8, 4) is 5.75 Å². The lowest BCUT2D eigenvalue weighted by atomic mass is 10.2. The van der Waals surface area contributed by atoms with Crippen molar-refractivity contribution >= 4 is 12.2 Å². The zero-order chi connectivity index (χ0) is 14.1. The second-order valence-corrected chi connectivity index (χ2v) is 3.68. The molecule has 0 spiro atoms. The third-order valence-electron chi connectivity index (χ3n) is 2.29. The van der Waals surface area contributed by atoms with Crippen LogP contribution in [0.1, 0.15) is 5.56 Å². The Bertz CT molecular complexity index is 468. The van der Waals surface area contributed by atoms with Gasteiger partial charge in [-0.15, -0.1) is 0 Å². The third-order valence-corrected chi connectivity index (χ3v) is 2.29. The second kappa shape index (κ2) is 7.99. The molecule has 102 valence electrons. The van der Waals surface area contributed by atoms with Gasteiger partial charge in [0.25, 0.3) is 0 Å². The van der Waals surface area contributed by atoms with E-state index in [1.165, 1.54) is 6.34 Å². The van der Waals surface area contributed by atoms with Crippen LogP contribution in [0, 0.1) is 5.41 Å². The van der Waals surface area contributed by atoms with E-state index in [1.807, 2.05) is 0 Å². The Balaban J connectivity index is 2.61. The maximum absolute atomic E-state index is 12.3. The van der Waals surface area contributed by atoms with E-state index in [4.69, 9.17) is 15.9 Å². The van der Waals surface area contributed by atoms with Crippen molar-refractivity contribution in [2.75, 3.05) is 20.2 Å². The molecule has 1 aromatic rings. The van der Waals surface area contributed by atoms with Crippen LogP contribution < -0.4 is 15.8 Å². The summed E-state index contributed by atoms with van der Waals surface area (Å²) in [7, 11) is 1.71. The Hall–Kier alpha value is -2.21. The monoisotopic (exact) mass is 264 g/mol. The van der Waals surface area contributed by atoms with Gasteiger partial charge < -0.3 is 15.8 Å². The van der Waals surface area contributed by atoms with Gasteiger partial charge in [0.2, 0.25) is 0 Å². The summed E-state index contributed by atoms with van der Waals surface area (Å²) in [6, 6.07) is 6.83. The van der Waals surface area contributed by atoms with Crippen LogP contribution in [0.3, 0.4) is 0 Å². The molecule has 0 aromatic heterocycles. The second-order valence-electron chi connectivity index (χ2n) is 3.68. The topological polar surface area (TPSA) is 83.5 Å². The fraction of sp³-hybridized carbons (Fsp3) is 0.231. The molecule has 0 saturated carbocycles. The highest BCUT2D eigenvalue weighted by molar-refractivity contribution is 6.00. The first-order chi connectivity index (χ1) is 9.21. The summed E-state index contributed by atoms with van der Waals surface area (Å²) in [5, 5.41) is 10.4. The first-order valence-electron chi connectivity index (χ1n) is 5.71. The van der Waals surface area contributed by atoms with Gasteiger partial charge >= 0.3 is 0 Å². The molecule has 5 nitrogen and oxygen atoms in total. The van der Waals surface area contributed by atoms with Crippen molar-refractivity contribution in [2.24, 2.45) is 10.7 Å². The number of amidine groups is 1. The Morgan fingerprint density at radius 1 is 1.47 bits per heavy atom. The number of hydrogen-bond acceptors (Lipinski definition) is 3. The average Bonchev–Trinajstić information content (AvgIpc) is 2.46. The number of nitrogens with two attached hydrogens (primary N) is 1. The molecule has 19 heavy (non-hydrogen) atoms. The summed E-state index contributed by atoms with van der Waals surface area (Å²) in [6.45, 7) is 0.236. The van der Waals surface area contributed by atoms with E-state index in [0.717, 1.165) is 0 Å². The lowest BCUT2D eigenvalue weighted by molar-refractivity contribution is 0.347. The number of benzene rings is 1. The summed E-state index contributed by atoms with van der Waals surface area (Å²) >= 11 is 0. The van der Waals surface area contributed by atoms with Crippen molar-refractivity contribution in [1.82, 2.24) is 5.32 Å². The molecule has 0 bridgehead atoms. The molecule has 0 aliphatic rings. The Labute approximate surface area is 111 Å². The molecule has 0 fully saturated rings. The lowest BCUT2D eigenvalue weighted by Gasteiger charge is -2.07. The Kier molecular flexibility index (Phi) is 6.25. The molecule has 1 aromatic carbocycles. The number of halogens is 1. The van der Waals surface area contributed by atoms with E-state index in [1.54, 1.807) is 31.3 Å². The number of nitrogens with one attached hydrogen (secondary N) is 2. The number of ether oxygens (including phenoxy) is 1. The Morgan fingerprint density at radius 3 is 2.68 bits per heavy atom. The minimum Gasteiger partial charge on any atom is -0.489 e. The van der Waals surface area contributed by atoms with Crippen LogP contribution in [0.15, 0.2) is 41.2 Å². The SMILES string of the molecule is CN/C=N\C(=N)c1ccc(OC/C(=C/F)CN)cc1. The molecule has 0 atom stereocenters. The van der Waals surface area contributed by atoms with Gasteiger partial charge in [-0.05, 0) is 24.3 Å². The maximum Gasteiger partial charge on any atom is 0.153 e. The summed E-state index contributed by atoms with van der Waals surface area (Å²) in [5.74, 6) is 0.731. The van der Waals surface area contributed by atoms with Crippen LogP contribution in [0.5, 0.6) is 5.75 Å². The third kappa shape index (κ3) is 4.89. The molecule has 0 aliphatic carbocycles. The highest BCUT2D eigenvalue weighted by Crippen LogP contribution is 2.13. The lowest BCUT2D eigenvalue weighted by Crippen LogP contribution is -2.10.